The number of hydrogen-bond acceptors (Lipinski definition) is 6. The Bertz CT molecular complexity index is 787. The molecule has 3 rings (SSSR count). The average molecular weight is 305 g/mol. The van der Waals surface area contributed by atoms with Crippen LogP contribution in [0.15, 0.2) is 28.7 Å². The summed E-state index contributed by atoms with van der Waals surface area (Å²) in [6.45, 7) is 1.92. The van der Waals surface area contributed by atoms with Gasteiger partial charge in [0.2, 0.25) is 0 Å². The number of ether oxygens (including phenoxy) is 1. The fourth-order valence-corrected chi connectivity index (χ4v) is 2.90. The minimum absolute atomic E-state index is 0.263. The molecule has 0 spiro atoms. The summed E-state index contributed by atoms with van der Waals surface area (Å²) in [5.41, 5.74) is 1.89. The van der Waals surface area contributed by atoms with E-state index in [2.05, 4.69) is 15.2 Å². The number of rotatable bonds is 3. The molecule has 7 heteroatoms. The van der Waals surface area contributed by atoms with Crippen LogP contribution in [0.2, 0.25) is 0 Å². The Balaban J connectivity index is 2.01. The van der Waals surface area contributed by atoms with Crippen molar-refractivity contribution in [2.45, 2.75) is 6.92 Å². The molecule has 2 heterocycles. The molecule has 0 saturated heterocycles. The molecule has 0 radical (unpaired) electrons. The van der Waals surface area contributed by atoms with Crippen LogP contribution >= 0.6 is 23.6 Å². The highest BCUT2D eigenvalue weighted by Crippen LogP contribution is 2.34. The van der Waals surface area contributed by atoms with Crippen LogP contribution in [0.4, 0.5) is 0 Å². The van der Waals surface area contributed by atoms with Crippen LogP contribution in [0.3, 0.4) is 0 Å². The van der Waals surface area contributed by atoms with Gasteiger partial charge in [-0.2, -0.15) is 0 Å². The first-order chi connectivity index (χ1) is 9.67. The van der Waals surface area contributed by atoms with E-state index in [1.165, 1.54) is 11.3 Å². The Morgan fingerprint density at radius 1 is 1.30 bits per heavy atom. The lowest BCUT2D eigenvalue weighted by Crippen LogP contribution is -1.82. The van der Waals surface area contributed by atoms with E-state index in [1.54, 1.807) is 7.11 Å². The van der Waals surface area contributed by atoms with Gasteiger partial charge < -0.3 is 9.15 Å². The van der Waals surface area contributed by atoms with Crippen LogP contribution in [-0.2, 0) is 0 Å². The lowest BCUT2D eigenvalue weighted by molar-refractivity contribution is 0.415. The highest BCUT2D eigenvalue weighted by atomic mass is 32.1. The Labute approximate surface area is 124 Å². The number of aromatic amines is 1. The van der Waals surface area contributed by atoms with Gasteiger partial charge in [0.25, 0.3) is 10.7 Å². The lowest BCUT2D eigenvalue weighted by atomic mass is 10.2. The quantitative estimate of drug-likeness (QED) is 0.745. The van der Waals surface area contributed by atoms with E-state index in [0.717, 1.165) is 26.9 Å². The van der Waals surface area contributed by atoms with Crippen molar-refractivity contribution in [1.29, 1.82) is 0 Å². The van der Waals surface area contributed by atoms with Gasteiger partial charge in [-0.3, -0.25) is 0 Å². The van der Waals surface area contributed by atoms with Gasteiger partial charge in [-0.05, 0) is 43.4 Å². The molecule has 5 nitrogen and oxygen atoms in total. The number of methoxy groups -OCH3 is 1. The average Bonchev–Trinajstić information content (AvgIpc) is 3.05. The molecule has 0 atom stereocenters. The Kier molecular flexibility index (Phi) is 3.37. The van der Waals surface area contributed by atoms with E-state index in [4.69, 9.17) is 21.4 Å². The smallest absolute Gasteiger partial charge is 0.284 e. The summed E-state index contributed by atoms with van der Waals surface area (Å²) in [6, 6.07) is 7.76. The fourth-order valence-electron chi connectivity index (χ4n) is 1.78. The Hall–Kier alpha value is -1.99. The third-order valence-corrected chi connectivity index (χ3v) is 4.14. The first kappa shape index (κ1) is 13.0. The second-order valence-corrected chi connectivity index (χ2v) is 5.45. The topological polar surface area (TPSA) is 63.9 Å². The standard InChI is InChI=1S/C13H11N3O2S2/c1-7-10(11-15-16-13(19)18-11)20-12(14-7)8-3-5-9(17-2)6-4-8/h3-6H,1-2H3,(H,16,19). The van der Waals surface area contributed by atoms with Crippen LogP contribution in [0.5, 0.6) is 5.75 Å². The second-order valence-electron chi connectivity index (χ2n) is 4.08. The summed E-state index contributed by atoms with van der Waals surface area (Å²) in [5, 5.41) is 7.56. The first-order valence-electron chi connectivity index (χ1n) is 5.85. The number of nitrogens with one attached hydrogen (secondary N) is 1. The lowest BCUT2D eigenvalue weighted by Gasteiger charge is -1.99. The molecule has 0 unspecified atom stereocenters. The summed E-state index contributed by atoms with van der Waals surface area (Å²) in [7, 11) is 1.64. The number of benzene rings is 1. The normalized spacial score (nSPS) is 10.7. The van der Waals surface area contributed by atoms with Crippen molar-refractivity contribution in [3.05, 3.63) is 34.8 Å². The van der Waals surface area contributed by atoms with E-state index < -0.39 is 0 Å². The van der Waals surface area contributed by atoms with Crippen LogP contribution in [0.25, 0.3) is 21.3 Å². The molecule has 0 aliphatic rings. The van der Waals surface area contributed by atoms with Crippen LogP contribution in [0.1, 0.15) is 5.69 Å². The fraction of sp³-hybridized carbons (Fsp3) is 0.154. The molecular weight excluding hydrogens is 294 g/mol. The van der Waals surface area contributed by atoms with E-state index in [0.29, 0.717) is 5.89 Å². The maximum atomic E-state index is 5.33. The van der Waals surface area contributed by atoms with Crippen molar-refractivity contribution in [2.24, 2.45) is 0 Å². The molecule has 102 valence electrons. The molecule has 0 aliphatic heterocycles. The molecule has 3 aromatic rings. The summed E-state index contributed by atoms with van der Waals surface area (Å²) in [5.74, 6) is 1.30. The molecule has 0 amide bonds. The van der Waals surface area contributed by atoms with Gasteiger partial charge in [-0.25, -0.2) is 10.1 Å². The molecular formula is C13H11N3O2S2. The number of aromatic nitrogens is 3. The van der Waals surface area contributed by atoms with Gasteiger partial charge >= 0.3 is 0 Å². The highest BCUT2D eigenvalue weighted by molar-refractivity contribution is 7.71. The van der Waals surface area contributed by atoms with Gasteiger partial charge in [-0.1, -0.05) is 0 Å². The molecule has 2 aromatic heterocycles. The van der Waals surface area contributed by atoms with Crippen molar-refractivity contribution < 1.29 is 9.15 Å². The number of thiazole rings is 1. The Morgan fingerprint density at radius 3 is 2.65 bits per heavy atom. The zero-order valence-electron chi connectivity index (χ0n) is 10.8. The SMILES string of the molecule is COc1ccc(-c2nc(C)c(-c3n[nH]c(=S)o3)s2)cc1. The van der Waals surface area contributed by atoms with Crippen molar-refractivity contribution in [3.8, 4) is 27.1 Å². The van der Waals surface area contributed by atoms with Crippen molar-refractivity contribution in [3.63, 3.8) is 0 Å². The number of hydrogen-bond donors (Lipinski definition) is 1. The highest BCUT2D eigenvalue weighted by Gasteiger charge is 2.15. The molecule has 1 aromatic carbocycles. The van der Waals surface area contributed by atoms with Crippen LogP contribution in [0, 0.1) is 11.8 Å². The summed E-state index contributed by atoms with van der Waals surface area (Å²) in [4.78, 5) is 5.69. The minimum atomic E-state index is 0.263. The summed E-state index contributed by atoms with van der Waals surface area (Å²) >= 11 is 6.41. The zero-order chi connectivity index (χ0) is 14.1. The molecule has 0 bridgehead atoms. The number of nitrogens with zero attached hydrogens (tertiary/aromatic N) is 2. The van der Waals surface area contributed by atoms with Gasteiger partial charge in [0, 0.05) is 5.56 Å². The Morgan fingerprint density at radius 2 is 2.05 bits per heavy atom. The third kappa shape index (κ3) is 2.37. The summed E-state index contributed by atoms with van der Waals surface area (Å²) in [6.07, 6.45) is 0. The minimum Gasteiger partial charge on any atom is -0.497 e. The third-order valence-electron chi connectivity index (χ3n) is 2.77. The van der Waals surface area contributed by atoms with E-state index in [1.807, 2.05) is 31.2 Å². The van der Waals surface area contributed by atoms with E-state index >= 15 is 0 Å². The number of H-pyrrole nitrogens is 1. The van der Waals surface area contributed by atoms with Crippen molar-refractivity contribution >= 4 is 23.6 Å². The van der Waals surface area contributed by atoms with Gasteiger partial charge in [-0.15, -0.1) is 16.4 Å². The molecule has 0 fully saturated rings. The summed E-state index contributed by atoms with van der Waals surface area (Å²) < 4.78 is 10.5. The second kappa shape index (κ2) is 5.18. The maximum Gasteiger partial charge on any atom is 0.284 e. The largest absolute Gasteiger partial charge is 0.497 e. The van der Waals surface area contributed by atoms with Gasteiger partial charge in [0.05, 0.1) is 12.8 Å². The predicted molar refractivity (Wildman–Crippen MR) is 79.5 cm³/mol. The van der Waals surface area contributed by atoms with E-state index in [-0.39, 0.29) is 4.84 Å². The van der Waals surface area contributed by atoms with E-state index in [9.17, 15) is 0 Å². The molecule has 20 heavy (non-hydrogen) atoms. The maximum absolute atomic E-state index is 5.33. The zero-order valence-corrected chi connectivity index (χ0v) is 12.5. The molecule has 0 aliphatic carbocycles. The monoisotopic (exact) mass is 305 g/mol. The number of aryl methyl sites for hydroxylation is 1. The van der Waals surface area contributed by atoms with Crippen molar-refractivity contribution in [1.82, 2.24) is 15.2 Å². The van der Waals surface area contributed by atoms with Gasteiger partial charge in [0.1, 0.15) is 15.6 Å². The molecule has 0 saturated carbocycles. The van der Waals surface area contributed by atoms with Crippen LogP contribution in [-0.4, -0.2) is 22.3 Å². The predicted octanol–water partition coefficient (Wildman–Crippen LogP) is 3.84. The first-order valence-corrected chi connectivity index (χ1v) is 7.07. The van der Waals surface area contributed by atoms with Crippen LogP contribution < -0.4 is 4.74 Å². The van der Waals surface area contributed by atoms with Crippen molar-refractivity contribution in [2.75, 3.05) is 7.11 Å². The van der Waals surface area contributed by atoms with Gasteiger partial charge in [0.15, 0.2) is 0 Å². The molecule has 1 N–H and O–H groups in total.